The van der Waals surface area contributed by atoms with Crippen molar-refractivity contribution in [3.05, 3.63) is 22.7 Å². The summed E-state index contributed by atoms with van der Waals surface area (Å²) in [5.74, 6) is -0.428. The van der Waals surface area contributed by atoms with Crippen LogP contribution in [0, 0.1) is 5.92 Å². The zero-order chi connectivity index (χ0) is 12.1. The molecule has 0 aliphatic heterocycles. The smallest absolute Gasteiger partial charge is 0.326 e. The van der Waals surface area contributed by atoms with Gasteiger partial charge in [0.1, 0.15) is 11.9 Å². The van der Waals surface area contributed by atoms with Gasteiger partial charge in [-0.05, 0) is 12.3 Å². The van der Waals surface area contributed by atoms with Crippen LogP contribution in [0.15, 0.2) is 17.2 Å². The highest BCUT2D eigenvalue weighted by molar-refractivity contribution is 5.76. The summed E-state index contributed by atoms with van der Waals surface area (Å²) in [4.78, 5) is 28.1. The molecule has 0 aromatic carbocycles. The standard InChI is InChI=1S/C10H15N3O3/c1-6(2)3-7(10(15)16)13-8-4-9(14)12-5-11-8/h4-7H,3H2,1-2H3,(H,15,16)(H2,11,12,13,14). The number of aromatic amines is 1. The van der Waals surface area contributed by atoms with Crippen molar-refractivity contribution in [3.63, 3.8) is 0 Å². The number of hydrogen-bond donors (Lipinski definition) is 3. The normalized spacial score (nSPS) is 12.4. The largest absolute Gasteiger partial charge is 0.480 e. The molecule has 3 N–H and O–H groups in total. The predicted molar refractivity (Wildman–Crippen MR) is 59.4 cm³/mol. The average Bonchev–Trinajstić information content (AvgIpc) is 2.15. The van der Waals surface area contributed by atoms with Gasteiger partial charge in [-0.25, -0.2) is 9.78 Å². The summed E-state index contributed by atoms with van der Waals surface area (Å²) in [6.45, 7) is 3.87. The Morgan fingerprint density at radius 2 is 2.31 bits per heavy atom. The molecule has 1 aromatic heterocycles. The summed E-state index contributed by atoms with van der Waals surface area (Å²) in [5, 5.41) is 11.7. The minimum atomic E-state index is -0.948. The van der Waals surface area contributed by atoms with Gasteiger partial charge in [-0.1, -0.05) is 13.8 Å². The van der Waals surface area contributed by atoms with Crippen LogP contribution in [0.5, 0.6) is 0 Å². The van der Waals surface area contributed by atoms with E-state index in [1.165, 1.54) is 12.4 Å². The molecule has 88 valence electrons. The summed E-state index contributed by atoms with van der Waals surface area (Å²) in [6.07, 6.45) is 1.71. The van der Waals surface area contributed by atoms with Crippen molar-refractivity contribution in [2.24, 2.45) is 5.92 Å². The van der Waals surface area contributed by atoms with Crippen LogP contribution >= 0.6 is 0 Å². The lowest BCUT2D eigenvalue weighted by Crippen LogP contribution is -2.31. The van der Waals surface area contributed by atoms with Crippen LogP contribution in [0.1, 0.15) is 20.3 Å². The molecule has 0 amide bonds. The Kier molecular flexibility index (Phi) is 4.04. The first-order valence-electron chi connectivity index (χ1n) is 5.03. The molecule has 0 bridgehead atoms. The second-order valence-corrected chi connectivity index (χ2v) is 3.96. The number of carbonyl (C=O) groups is 1. The third-order valence-electron chi connectivity index (χ3n) is 2.01. The molecule has 0 spiro atoms. The van der Waals surface area contributed by atoms with Crippen molar-refractivity contribution in [2.75, 3.05) is 5.32 Å². The van der Waals surface area contributed by atoms with Gasteiger partial charge in [-0.15, -0.1) is 0 Å². The first-order chi connectivity index (χ1) is 7.49. The summed E-state index contributed by atoms with van der Waals surface area (Å²) in [7, 11) is 0. The first kappa shape index (κ1) is 12.2. The number of H-pyrrole nitrogens is 1. The highest BCUT2D eigenvalue weighted by Crippen LogP contribution is 2.09. The molecule has 0 saturated carbocycles. The molecule has 1 unspecified atom stereocenters. The molecule has 6 heteroatoms. The summed E-state index contributed by atoms with van der Waals surface area (Å²) < 4.78 is 0. The molecule has 0 saturated heterocycles. The number of nitrogens with zero attached hydrogens (tertiary/aromatic N) is 1. The van der Waals surface area contributed by atoms with Gasteiger partial charge >= 0.3 is 5.97 Å². The van der Waals surface area contributed by atoms with Gasteiger partial charge in [0.15, 0.2) is 0 Å². The number of rotatable bonds is 5. The minimum absolute atomic E-state index is 0.246. The molecule has 0 aliphatic rings. The van der Waals surface area contributed by atoms with Gasteiger partial charge < -0.3 is 15.4 Å². The van der Waals surface area contributed by atoms with Gasteiger partial charge in [-0.3, -0.25) is 4.79 Å². The maximum atomic E-state index is 11.0. The zero-order valence-corrected chi connectivity index (χ0v) is 9.23. The zero-order valence-electron chi connectivity index (χ0n) is 9.23. The monoisotopic (exact) mass is 225 g/mol. The van der Waals surface area contributed by atoms with Crippen molar-refractivity contribution in [1.29, 1.82) is 0 Å². The first-order valence-corrected chi connectivity index (χ1v) is 5.03. The lowest BCUT2D eigenvalue weighted by Gasteiger charge is -2.16. The third-order valence-corrected chi connectivity index (χ3v) is 2.01. The average molecular weight is 225 g/mol. The summed E-state index contributed by atoms with van der Waals surface area (Å²) in [6, 6.07) is 0.505. The number of aromatic nitrogens is 2. The third kappa shape index (κ3) is 3.72. The van der Waals surface area contributed by atoms with Crippen molar-refractivity contribution in [2.45, 2.75) is 26.3 Å². The number of carboxylic acids is 1. The van der Waals surface area contributed by atoms with E-state index in [1.54, 1.807) is 0 Å². The molecule has 1 rings (SSSR count). The Morgan fingerprint density at radius 3 is 2.81 bits per heavy atom. The van der Waals surface area contributed by atoms with Crippen LogP contribution < -0.4 is 10.9 Å². The molecule has 16 heavy (non-hydrogen) atoms. The molecule has 1 heterocycles. The van der Waals surface area contributed by atoms with E-state index in [0.29, 0.717) is 6.42 Å². The number of nitrogens with one attached hydrogen (secondary N) is 2. The van der Waals surface area contributed by atoms with Crippen molar-refractivity contribution < 1.29 is 9.90 Å². The van der Waals surface area contributed by atoms with Gasteiger partial charge in [-0.2, -0.15) is 0 Å². The molecular weight excluding hydrogens is 210 g/mol. The van der Waals surface area contributed by atoms with Crippen LogP contribution in [-0.2, 0) is 4.79 Å². The highest BCUT2D eigenvalue weighted by atomic mass is 16.4. The van der Waals surface area contributed by atoms with Gasteiger partial charge in [0.2, 0.25) is 0 Å². The highest BCUT2D eigenvalue weighted by Gasteiger charge is 2.18. The molecule has 0 fully saturated rings. The summed E-state index contributed by atoms with van der Waals surface area (Å²) in [5.41, 5.74) is -0.314. The molecule has 1 atom stereocenters. The van der Waals surface area contributed by atoms with Crippen LogP contribution in [-0.4, -0.2) is 27.1 Å². The molecule has 1 aromatic rings. The maximum absolute atomic E-state index is 11.0. The fraction of sp³-hybridized carbons (Fsp3) is 0.500. The maximum Gasteiger partial charge on any atom is 0.326 e. The Labute approximate surface area is 92.7 Å². The van der Waals surface area contributed by atoms with Crippen LogP contribution in [0.4, 0.5) is 5.82 Å². The number of aliphatic carboxylic acids is 1. The van der Waals surface area contributed by atoms with Crippen LogP contribution in [0.3, 0.4) is 0 Å². The Balaban J connectivity index is 2.75. The molecule has 6 nitrogen and oxygen atoms in total. The lowest BCUT2D eigenvalue weighted by molar-refractivity contribution is -0.138. The van der Waals surface area contributed by atoms with Crippen molar-refractivity contribution in [1.82, 2.24) is 9.97 Å². The topological polar surface area (TPSA) is 95.1 Å². The van der Waals surface area contributed by atoms with Crippen LogP contribution in [0.25, 0.3) is 0 Å². The van der Waals surface area contributed by atoms with Gasteiger partial charge in [0.05, 0.1) is 6.33 Å². The molecule has 0 radical (unpaired) electrons. The van der Waals surface area contributed by atoms with E-state index in [4.69, 9.17) is 5.11 Å². The van der Waals surface area contributed by atoms with E-state index in [1.807, 2.05) is 13.8 Å². The molecular formula is C10H15N3O3. The number of hydrogen-bond acceptors (Lipinski definition) is 4. The fourth-order valence-electron chi connectivity index (χ4n) is 1.32. The quantitative estimate of drug-likeness (QED) is 0.685. The van der Waals surface area contributed by atoms with E-state index in [2.05, 4.69) is 15.3 Å². The Bertz CT molecular complexity index is 414. The van der Waals surface area contributed by atoms with Gasteiger partial charge in [0.25, 0.3) is 5.56 Å². The number of anilines is 1. The van der Waals surface area contributed by atoms with E-state index in [-0.39, 0.29) is 17.3 Å². The van der Waals surface area contributed by atoms with E-state index >= 15 is 0 Å². The van der Waals surface area contributed by atoms with Crippen LogP contribution in [0.2, 0.25) is 0 Å². The minimum Gasteiger partial charge on any atom is -0.480 e. The Hall–Kier alpha value is -1.85. The van der Waals surface area contributed by atoms with Gasteiger partial charge in [0, 0.05) is 6.07 Å². The second kappa shape index (κ2) is 5.29. The van der Waals surface area contributed by atoms with Crippen molar-refractivity contribution >= 4 is 11.8 Å². The van der Waals surface area contributed by atoms with E-state index < -0.39 is 12.0 Å². The fourth-order valence-corrected chi connectivity index (χ4v) is 1.32. The molecule has 0 aliphatic carbocycles. The second-order valence-electron chi connectivity index (χ2n) is 3.96. The summed E-state index contributed by atoms with van der Waals surface area (Å²) >= 11 is 0. The van der Waals surface area contributed by atoms with Crippen molar-refractivity contribution in [3.8, 4) is 0 Å². The van der Waals surface area contributed by atoms with E-state index in [0.717, 1.165) is 0 Å². The predicted octanol–water partition coefficient (Wildman–Crippen LogP) is 0.681. The lowest BCUT2D eigenvalue weighted by atomic mass is 10.0. The Morgan fingerprint density at radius 1 is 1.62 bits per heavy atom. The SMILES string of the molecule is CC(C)CC(Nc1cc(=O)[nH]cn1)C(=O)O. The van der Waals surface area contributed by atoms with E-state index in [9.17, 15) is 9.59 Å². The number of carboxylic acid groups (broad SMARTS) is 1.